The van der Waals surface area contributed by atoms with E-state index in [9.17, 15) is 30.3 Å². The fourth-order valence-corrected chi connectivity index (χ4v) is 2.79. The molecule has 0 amide bonds. The Morgan fingerprint density at radius 1 is 0.923 bits per heavy atom. The molecule has 0 bridgehead atoms. The zero-order valence-corrected chi connectivity index (χ0v) is 13.7. The Labute approximate surface area is 147 Å². The SMILES string of the molecule is CCC(c1ccccc1Oc1ccccc1)(C([N+](=O)[O-])[N+](=O)[O-])[N+](=O)[O-]. The summed E-state index contributed by atoms with van der Waals surface area (Å²) >= 11 is 0. The average molecular weight is 361 g/mol. The molecule has 0 N–H and O–H groups in total. The second kappa shape index (κ2) is 7.55. The molecule has 26 heavy (non-hydrogen) atoms. The summed E-state index contributed by atoms with van der Waals surface area (Å²) < 4.78 is 5.63. The first kappa shape index (κ1) is 18.8. The first-order valence-electron chi connectivity index (χ1n) is 7.58. The molecule has 0 fully saturated rings. The van der Waals surface area contributed by atoms with Crippen molar-refractivity contribution in [1.29, 1.82) is 0 Å². The van der Waals surface area contributed by atoms with Gasteiger partial charge >= 0.3 is 11.7 Å². The number of hydrogen-bond acceptors (Lipinski definition) is 7. The minimum absolute atomic E-state index is 0.0500. The van der Waals surface area contributed by atoms with E-state index in [0.29, 0.717) is 5.75 Å². The quantitative estimate of drug-likeness (QED) is 0.399. The molecule has 0 aliphatic rings. The molecule has 0 saturated heterocycles. The number of rotatable bonds is 8. The number of benzene rings is 2. The molecule has 1 unspecified atom stereocenters. The number of para-hydroxylation sites is 2. The molecule has 0 spiro atoms. The lowest BCUT2D eigenvalue weighted by Gasteiger charge is -2.24. The molecule has 2 aromatic rings. The molecule has 1 atom stereocenters. The predicted molar refractivity (Wildman–Crippen MR) is 89.7 cm³/mol. The first-order valence-corrected chi connectivity index (χ1v) is 7.58. The molecule has 10 nitrogen and oxygen atoms in total. The van der Waals surface area contributed by atoms with Crippen LogP contribution in [0.4, 0.5) is 0 Å². The smallest absolute Gasteiger partial charge is 0.457 e. The normalized spacial score (nSPS) is 13.0. The van der Waals surface area contributed by atoms with E-state index >= 15 is 0 Å². The van der Waals surface area contributed by atoms with Crippen molar-refractivity contribution in [3.8, 4) is 11.5 Å². The molecule has 0 saturated carbocycles. The van der Waals surface area contributed by atoms with Crippen LogP contribution in [0.25, 0.3) is 0 Å². The van der Waals surface area contributed by atoms with Gasteiger partial charge in [-0.1, -0.05) is 37.3 Å². The highest BCUT2D eigenvalue weighted by atomic mass is 16.7. The van der Waals surface area contributed by atoms with E-state index in [-0.39, 0.29) is 11.3 Å². The summed E-state index contributed by atoms with van der Waals surface area (Å²) in [5.74, 6) is 0.290. The molecule has 2 rings (SSSR count). The second-order valence-electron chi connectivity index (χ2n) is 5.39. The van der Waals surface area contributed by atoms with Crippen molar-refractivity contribution >= 4 is 0 Å². The number of nitro groups is 3. The summed E-state index contributed by atoms with van der Waals surface area (Å²) in [5, 5.41) is 34.5. The van der Waals surface area contributed by atoms with E-state index in [1.54, 1.807) is 30.3 Å². The lowest BCUT2D eigenvalue weighted by Crippen LogP contribution is -2.54. The maximum Gasteiger partial charge on any atom is 0.522 e. The summed E-state index contributed by atoms with van der Waals surface area (Å²) in [6.45, 7) is 1.29. The van der Waals surface area contributed by atoms with E-state index in [2.05, 4.69) is 0 Å². The fourth-order valence-electron chi connectivity index (χ4n) is 2.79. The van der Waals surface area contributed by atoms with Gasteiger partial charge in [0.05, 0.1) is 5.56 Å². The van der Waals surface area contributed by atoms with Gasteiger partial charge in [0.1, 0.15) is 21.3 Å². The highest BCUT2D eigenvalue weighted by molar-refractivity contribution is 5.41. The van der Waals surface area contributed by atoms with Crippen LogP contribution in [0.3, 0.4) is 0 Å². The van der Waals surface area contributed by atoms with Crippen molar-refractivity contribution in [2.24, 2.45) is 0 Å². The predicted octanol–water partition coefficient (Wildman–Crippen LogP) is 3.24. The van der Waals surface area contributed by atoms with Gasteiger partial charge in [-0.05, 0) is 24.3 Å². The Kier molecular flexibility index (Phi) is 5.45. The summed E-state index contributed by atoms with van der Waals surface area (Å²) in [7, 11) is 0. The molecular formula is C16H15N3O7. The van der Waals surface area contributed by atoms with Crippen LogP contribution in [0, 0.1) is 30.3 Å². The number of hydrogen-bond donors (Lipinski definition) is 0. The third-order valence-electron chi connectivity index (χ3n) is 4.02. The topological polar surface area (TPSA) is 139 Å². The van der Waals surface area contributed by atoms with Gasteiger partial charge < -0.3 is 4.74 Å². The van der Waals surface area contributed by atoms with Crippen LogP contribution in [-0.2, 0) is 5.54 Å². The Bertz CT molecular complexity index is 814. The lowest BCUT2D eigenvalue weighted by molar-refractivity contribution is -0.807. The Morgan fingerprint density at radius 3 is 1.96 bits per heavy atom. The average Bonchev–Trinajstić information content (AvgIpc) is 2.60. The van der Waals surface area contributed by atoms with Crippen molar-refractivity contribution in [1.82, 2.24) is 0 Å². The van der Waals surface area contributed by atoms with Crippen molar-refractivity contribution in [3.63, 3.8) is 0 Å². The van der Waals surface area contributed by atoms with Gasteiger partial charge in [0.2, 0.25) is 0 Å². The fraction of sp³-hybridized carbons (Fsp3) is 0.250. The highest BCUT2D eigenvalue weighted by Crippen LogP contribution is 2.41. The molecule has 0 radical (unpaired) electrons. The summed E-state index contributed by atoms with van der Waals surface area (Å²) in [5.41, 5.74) is -2.81. The summed E-state index contributed by atoms with van der Waals surface area (Å²) in [4.78, 5) is 31.0. The number of ether oxygens (including phenoxy) is 1. The molecular weight excluding hydrogens is 346 g/mol. The van der Waals surface area contributed by atoms with Crippen LogP contribution in [0.2, 0.25) is 0 Å². The maximum atomic E-state index is 11.8. The van der Waals surface area contributed by atoms with E-state index in [4.69, 9.17) is 4.74 Å². The van der Waals surface area contributed by atoms with Gasteiger partial charge in [0.25, 0.3) is 0 Å². The van der Waals surface area contributed by atoms with Crippen LogP contribution in [0.5, 0.6) is 11.5 Å². The Hall–Kier alpha value is -3.56. The third-order valence-corrected chi connectivity index (χ3v) is 4.02. The molecule has 0 heterocycles. The Balaban J connectivity index is 2.68. The number of nitrogens with zero attached hydrogens (tertiary/aromatic N) is 3. The molecule has 0 aliphatic heterocycles. The zero-order chi connectivity index (χ0) is 19.3. The maximum absolute atomic E-state index is 11.8. The van der Waals surface area contributed by atoms with Gasteiger partial charge in [-0.2, -0.15) is 0 Å². The molecule has 2 aromatic carbocycles. The van der Waals surface area contributed by atoms with E-state index in [1.165, 1.54) is 31.2 Å². The van der Waals surface area contributed by atoms with Crippen molar-refractivity contribution < 1.29 is 19.5 Å². The van der Waals surface area contributed by atoms with Gasteiger partial charge in [-0.3, -0.25) is 30.3 Å². The largest absolute Gasteiger partial charge is 0.522 e. The van der Waals surface area contributed by atoms with Crippen LogP contribution in [-0.4, -0.2) is 20.9 Å². The van der Waals surface area contributed by atoms with Gasteiger partial charge in [0, 0.05) is 11.3 Å². The van der Waals surface area contributed by atoms with Crippen LogP contribution in [0.1, 0.15) is 18.9 Å². The van der Waals surface area contributed by atoms with Crippen molar-refractivity contribution in [3.05, 3.63) is 90.5 Å². The van der Waals surface area contributed by atoms with Crippen LogP contribution in [0.15, 0.2) is 54.6 Å². The molecule has 0 aromatic heterocycles. The molecule has 136 valence electrons. The van der Waals surface area contributed by atoms with Crippen molar-refractivity contribution in [2.75, 3.05) is 0 Å². The Morgan fingerprint density at radius 2 is 1.46 bits per heavy atom. The second-order valence-corrected chi connectivity index (χ2v) is 5.39. The summed E-state index contributed by atoms with van der Waals surface area (Å²) in [6, 6.07) is 13.8. The van der Waals surface area contributed by atoms with Crippen LogP contribution >= 0.6 is 0 Å². The summed E-state index contributed by atoms with van der Waals surface area (Å²) in [6.07, 6.45) is -3.13. The van der Waals surface area contributed by atoms with E-state index < -0.39 is 32.9 Å². The van der Waals surface area contributed by atoms with E-state index in [0.717, 1.165) is 0 Å². The zero-order valence-electron chi connectivity index (χ0n) is 13.7. The van der Waals surface area contributed by atoms with E-state index in [1.807, 2.05) is 0 Å². The van der Waals surface area contributed by atoms with Gasteiger partial charge in [-0.15, -0.1) is 0 Å². The van der Waals surface area contributed by atoms with Crippen LogP contribution < -0.4 is 4.74 Å². The third kappa shape index (κ3) is 3.29. The first-order chi connectivity index (χ1) is 12.3. The molecule has 10 heteroatoms. The minimum atomic E-state index is -2.66. The van der Waals surface area contributed by atoms with Gasteiger partial charge in [-0.25, -0.2) is 0 Å². The standard InChI is InChI=1S/C16H15N3O7/c1-2-16(19(24)25,15(17(20)21)18(22)23)13-10-6-7-11-14(13)26-12-8-4-3-5-9-12/h3-11,15H,2H2,1H3. The van der Waals surface area contributed by atoms with Gasteiger partial charge in [0.15, 0.2) is 0 Å². The monoisotopic (exact) mass is 361 g/mol. The lowest BCUT2D eigenvalue weighted by atomic mass is 9.84. The highest BCUT2D eigenvalue weighted by Gasteiger charge is 2.68. The minimum Gasteiger partial charge on any atom is -0.457 e. The molecule has 0 aliphatic carbocycles. The van der Waals surface area contributed by atoms with Crippen molar-refractivity contribution in [2.45, 2.75) is 25.0 Å².